The van der Waals surface area contributed by atoms with Crippen LogP contribution < -0.4 is 10.1 Å². The molecule has 0 amide bonds. The van der Waals surface area contributed by atoms with Gasteiger partial charge in [0.05, 0.1) is 6.54 Å². The minimum Gasteiger partial charge on any atom is -0.492 e. The van der Waals surface area contributed by atoms with E-state index in [1.165, 1.54) is 0 Å². The number of ether oxygens (including phenoxy) is 1. The summed E-state index contributed by atoms with van der Waals surface area (Å²) in [6.45, 7) is 9.59. The van der Waals surface area contributed by atoms with Crippen molar-refractivity contribution in [2.24, 2.45) is 10.9 Å². The van der Waals surface area contributed by atoms with Gasteiger partial charge in [-0.25, -0.2) is 0 Å². The number of rotatable bonds is 7. The molecular weight excluding hydrogens is 377 g/mol. The summed E-state index contributed by atoms with van der Waals surface area (Å²) in [5.74, 6) is 2.42. The molecule has 0 radical (unpaired) electrons. The van der Waals surface area contributed by atoms with Crippen LogP contribution in [0.2, 0.25) is 0 Å². The second-order valence-corrected chi connectivity index (χ2v) is 5.17. The number of benzene rings is 1. The molecule has 0 saturated carbocycles. The van der Waals surface area contributed by atoms with Crippen LogP contribution in [0.4, 0.5) is 0 Å². The third kappa shape index (κ3) is 8.80. The predicted molar refractivity (Wildman–Crippen MR) is 101 cm³/mol. The first-order chi connectivity index (χ1) is 9.63. The van der Waals surface area contributed by atoms with Gasteiger partial charge in [-0.3, -0.25) is 4.99 Å². The molecular formula is C16H28IN3O. The summed E-state index contributed by atoms with van der Waals surface area (Å²) in [7, 11) is 2.04. The van der Waals surface area contributed by atoms with Crippen LogP contribution in [0.25, 0.3) is 0 Å². The van der Waals surface area contributed by atoms with Crippen molar-refractivity contribution in [1.29, 1.82) is 0 Å². The minimum atomic E-state index is 0. The highest BCUT2D eigenvalue weighted by Gasteiger charge is 2.05. The van der Waals surface area contributed by atoms with Crippen molar-refractivity contribution in [3.8, 4) is 5.75 Å². The Morgan fingerprint density at radius 1 is 1.29 bits per heavy atom. The quantitative estimate of drug-likeness (QED) is 0.430. The third-order valence-corrected chi connectivity index (χ3v) is 2.74. The molecule has 5 heteroatoms. The first-order valence-electron chi connectivity index (χ1n) is 7.30. The van der Waals surface area contributed by atoms with Gasteiger partial charge in [-0.05, 0) is 25.0 Å². The van der Waals surface area contributed by atoms with Gasteiger partial charge in [-0.15, -0.1) is 24.0 Å². The predicted octanol–water partition coefficient (Wildman–Crippen LogP) is 3.24. The highest BCUT2D eigenvalue weighted by molar-refractivity contribution is 14.0. The van der Waals surface area contributed by atoms with Crippen LogP contribution >= 0.6 is 24.0 Å². The number of halogens is 1. The monoisotopic (exact) mass is 405 g/mol. The molecule has 1 aromatic carbocycles. The van der Waals surface area contributed by atoms with Crippen LogP contribution in [0.1, 0.15) is 20.8 Å². The molecule has 1 aromatic rings. The lowest BCUT2D eigenvalue weighted by Gasteiger charge is -2.22. The Labute approximate surface area is 146 Å². The zero-order chi connectivity index (χ0) is 14.8. The van der Waals surface area contributed by atoms with Crippen LogP contribution in [-0.2, 0) is 0 Å². The molecule has 0 aliphatic rings. The number of hydrogen-bond acceptors (Lipinski definition) is 2. The van der Waals surface area contributed by atoms with Crippen LogP contribution in [0.3, 0.4) is 0 Å². The largest absolute Gasteiger partial charge is 0.492 e. The van der Waals surface area contributed by atoms with Crippen molar-refractivity contribution in [2.75, 3.05) is 33.3 Å². The molecule has 1 rings (SSSR count). The fraction of sp³-hybridized carbons (Fsp3) is 0.562. The third-order valence-electron chi connectivity index (χ3n) is 2.74. The van der Waals surface area contributed by atoms with Gasteiger partial charge in [0, 0.05) is 20.1 Å². The van der Waals surface area contributed by atoms with E-state index in [1.54, 1.807) is 0 Å². The van der Waals surface area contributed by atoms with Crippen molar-refractivity contribution < 1.29 is 4.74 Å². The first kappa shape index (κ1) is 20.0. The number of guanidine groups is 1. The smallest absolute Gasteiger partial charge is 0.193 e. The molecule has 4 nitrogen and oxygen atoms in total. The van der Waals surface area contributed by atoms with Gasteiger partial charge in [0.1, 0.15) is 12.4 Å². The van der Waals surface area contributed by atoms with Crippen molar-refractivity contribution >= 4 is 29.9 Å². The molecule has 0 atom stereocenters. The molecule has 0 bridgehead atoms. The Morgan fingerprint density at radius 2 is 1.95 bits per heavy atom. The number of aliphatic imine (C=N–C) groups is 1. The molecule has 0 aliphatic heterocycles. The van der Waals surface area contributed by atoms with Crippen molar-refractivity contribution in [1.82, 2.24) is 10.2 Å². The highest BCUT2D eigenvalue weighted by atomic mass is 127. The average molecular weight is 405 g/mol. The molecule has 120 valence electrons. The maximum absolute atomic E-state index is 5.71. The van der Waals surface area contributed by atoms with Crippen LogP contribution in [0.5, 0.6) is 5.75 Å². The summed E-state index contributed by atoms with van der Waals surface area (Å²) >= 11 is 0. The van der Waals surface area contributed by atoms with Gasteiger partial charge >= 0.3 is 0 Å². The van der Waals surface area contributed by atoms with E-state index in [4.69, 9.17) is 4.74 Å². The maximum atomic E-state index is 5.71. The average Bonchev–Trinajstić information content (AvgIpc) is 2.44. The van der Waals surface area contributed by atoms with Crippen molar-refractivity contribution in [3.05, 3.63) is 30.3 Å². The molecule has 1 N–H and O–H groups in total. The van der Waals surface area contributed by atoms with Gasteiger partial charge in [0.25, 0.3) is 0 Å². The molecule has 0 aliphatic carbocycles. The van der Waals surface area contributed by atoms with Gasteiger partial charge < -0.3 is 15.0 Å². The summed E-state index contributed by atoms with van der Waals surface area (Å²) in [6.07, 6.45) is 0. The van der Waals surface area contributed by atoms with E-state index >= 15 is 0 Å². The SMILES string of the molecule is CCNC(=NCC(C)C)N(C)CCOc1ccccc1.I. The summed E-state index contributed by atoms with van der Waals surface area (Å²) in [5.41, 5.74) is 0. The highest BCUT2D eigenvalue weighted by Crippen LogP contribution is 2.07. The molecule has 0 spiro atoms. The lowest BCUT2D eigenvalue weighted by atomic mass is 10.2. The molecule has 0 fully saturated rings. The van der Waals surface area contributed by atoms with E-state index in [-0.39, 0.29) is 24.0 Å². The van der Waals surface area contributed by atoms with E-state index in [9.17, 15) is 0 Å². The van der Waals surface area contributed by atoms with E-state index in [1.807, 2.05) is 37.4 Å². The minimum absolute atomic E-state index is 0. The van der Waals surface area contributed by atoms with Crippen LogP contribution in [0, 0.1) is 5.92 Å². The Morgan fingerprint density at radius 3 is 2.52 bits per heavy atom. The van der Waals surface area contributed by atoms with E-state index in [2.05, 4.69) is 36.0 Å². The van der Waals surface area contributed by atoms with Crippen molar-refractivity contribution in [3.63, 3.8) is 0 Å². The second kappa shape index (κ2) is 11.7. The molecule has 0 saturated heterocycles. The first-order valence-corrected chi connectivity index (χ1v) is 7.30. The molecule has 0 aromatic heterocycles. The Balaban J connectivity index is 0.00000400. The summed E-state index contributed by atoms with van der Waals surface area (Å²) in [4.78, 5) is 6.72. The Kier molecular flexibility index (Phi) is 11.1. The Hall–Kier alpha value is -0.980. The summed E-state index contributed by atoms with van der Waals surface area (Å²) in [6, 6.07) is 9.89. The lowest BCUT2D eigenvalue weighted by molar-refractivity contribution is 0.281. The fourth-order valence-corrected chi connectivity index (χ4v) is 1.66. The maximum Gasteiger partial charge on any atom is 0.193 e. The molecule has 0 heterocycles. The van der Waals surface area contributed by atoms with E-state index in [0.29, 0.717) is 12.5 Å². The van der Waals surface area contributed by atoms with E-state index < -0.39 is 0 Å². The van der Waals surface area contributed by atoms with Crippen molar-refractivity contribution in [2.45, 2.75) is 20.8 Å². The normalized spacial score (nSPS) is 11.0. The molecule has 0 unspecified atom stereocenters. The van der Waals surface area contributed by atoms with Crippen LogP contribution in [0.15, 0.2) is 35.3 Å². The lowest BCUT2D eigenvalue weighted by Crippen LogP contribution is -2.41. The van der Waals surface area contributed by atoms with Crippen LogP contribution in [-0.4, -0.2) is 44.1 Å². The number of nitrogens with zero attached hydrogens (tertiary/aromatic N) is 2. The van der Waals surface area contributed by atoms with Gasteiger partial charge in [0.2, 0.25) is 0 Å². The number of nitrogens with one attached hydrogen (secondary N) is 1. The molecule has 21 heavy (non-hydrogen) atoms. The van der Waals surface area contributed by atoms with Gasteiger partial charge in [0.15, 0.2) is 5.96 Å². The topological polar surface area (TPSA) is 36.9 Å². The zero-order valence-electron chi connectivity index (χ0n) is 13.5. The number of hydrogen-bond donors (Lipinski definition) is 1. The zero-order valence-corrected chi connectivity index (χ0v) is 15.8. The number of likely N-dealkylation sites (N-methyl/N-ethyl adjacent to an activating group) is 1. The second-order valence-electron chi connectivity index (χ2n) is 5.17. The van der Waals surface area contributed by atoms with Gasteiger partial charge in [-0.1, -0.05) is 32.0 Å². The Bertz CT molecular complexity index is 396. The van der Waals surface area contributed by atoms with E-state index in [0.717, 1.165) is 31.3 Å². The summed E-state index contributed by atoms with van der Waals surface area (Å²) < 4.78 is 5.71. The standard InChI is InChI=1S/C16H27N3O.HI/c1-5-17-16(18-13-14(2)3)19(4)11-12-20-15-9-7-6-8-10-15;/h6-10,14H,5,11-13H2,1-4H3,(H,17,18);1H. The van der Waals surface area contributed by atoms with Gasteiger partial charge in [-0.2, -0.15) is 0 Å². The summed E-state index contributed by atoms with van der Waals surface area (Å²) in [5, 5.41) is 3.31. The number of para-hydroxylation sites is 1. The fourth-order valence-electron chi connectivity index (χ4n) is 1.66.